The normalized spacial score (nSPS) is 10.2. The molecule has 0 aromatic heterocycles. The molecule has 0 bridgehead atoms. The number of halogens is 3. The summed E-state index contributed by atoms with van der Waals surface area (Å²) in [5.74, 6) is -2.28. The predicted octanol–water partition coefficient (Wildman–Crippen LogP) is 3.76. The summed E-state index contributed by atoms with van der Waals surface area (Å²) in [6, 6.07) is 10.9. The van der Waals surface area contributed by atoms with Gasteiger partial charge in [0.2, 0.25) is 5.91 Å². The Labute approximate surface area is 193 Å². The number of benzene rings is 2. The third kappa shape index (κ3) is 8.45. The summed E-state index contributed by atoms with van der Waals surface area (Å²) in [5.41, 5.74) is 5.02. The van der Waals surface area contributed by atoms with Gasteiger partial charge in [0.1, 0.15) is 0 Å². The van der Waals surface area contributed by atoms with Crippen molar-refractivity contribution in [3.8, 4) is 0 Å². The highest BCUT2D eigenvalue weighted by Gasteiger charge is 2.13. The fraction of sp³-hybridized carbons (Fsp3) is 0.200. The average Bonchev–Trinajstić information content (AvgIpc) is 2.73. The molecule has 164 valence electrons. The van der Waals surface area contributed by atoms with Crippen LogP contribution in [0, 0.1) is 0 Å². The number of anilines is 1. The number of nitrogens with one attached hydrogen (secondary N) is 3. The number of esters is 1. The Hall–Kier alpha value is -2.81. The van der Waals surface area contributed by atoms with E-state index in [1.807, 2.05) is 0 Å². The van der Waals surface area contributed by atoms with Crippen LogP contribution in [0.5, 0.6) is 0 Å². The monoisotopic (exact) mass is 485 g/mol. The molecule has 2 aromatic rings. The molecule has 0 aliphatic carbocycles. The molecule has 0 atom stereocenters. The van der Waals surface area contributed by atoms with E-state index in [0.717, 1.165) is 0 Å². The Kier molecular flexibility index (Phi) is 9.58. The third-order valence-electron chi connectivity index (χ3n) is 3.79. The molecule has 11 heteroatoms. The molecule has 0 saturated carbocycles. The lowest BCUT2D eigenvalue weighted by Crippen LogP contribution is -2.41. The number of ether oxygens (including phenoxy) is 1. The van der Waals surface area contributed by atoms with E-state index in [9.17, 15) is 19.2 Å². The summed E-state index contributed by atoms with van der Waals surface area (Å²) < 4.78 is 4.85. The number of hydrogen-bond donors (Lipinski definition) is 3. The minimum Gasteiger partial charge on any atom is -0.456 e. The lowest BCUT2D eigenvalue weighted by molar-refractivity contribution is -0.147. The first kappa shape index (κ1) is 24.5. The number of amides is 3. The summed E-state index contributed by atoms with van der Waals surface area (Å²) in [7, 11) is 0. The molecule has 0 heterocycles. The van der Waals surface area contributed by atoms with Gasteiger partial charge in [-0.1, -0.05) is 46.9 Å². The van der Waals surface area contributed by atoms with E-state index >= 15 is 0 Å². The van der Waals surface area contributed by atoms with Crippen LogP contribution in [0.1, 0.15) is 29.6 Å². The molecule has 2 rings (SSSR count). The Balaban J connectivity index is 1.62. The van der Waals surface area contributed by atoms with E-state index in [1.54, 1.807) is 24.3 Å². The number of hydrazine groups is 1. The molecule has 0 aliphatic rings. The van der Waals surface area contributed by atoms with Crippen LogP contribution in [0.2, 0.25) is 15.1 Å². The van der Waals surface area contributed by atoms with Crippen LogP contribution in [0.4, 0.5) is 5.69 Å². The lowest BCUT2D eigenvalue weighted by Gasteiger charge is -2.09. The molecule has 0 unspecified atom stereocenters. The lowest BCUT2D eigenvalue weighted by atomic mass is 10.2. The smallest absolute Gasteiger partial charge is 0.306 e. The molecular formula is C20H18Cl3N3O5. The minimum atomic E-state index is -0.648. The maximum absolute atomic E-state index is 11.9. The molecular weight excluding hydrogens is 469 g/mol. The molecule has 3 N–H and O–H groups in total. The summed E-state index contributed by atoms with van der Waals surface area (Å²) in [6.45, 7) is -0.502. The molecule has 0 radical (unpaired) electrons. The maximum Gasteiger partial charge on any atom is 0.306 e. The zero-order chi connectivity index (χ0) is 22.8. The maximum atomic E-state index is 11.9. The molecule has 0 fully saturated rings. The molecule has 0 spiro atoms. The molecule has 8 nitrogen and oxygen atoms in total. The molecule has 0 saturated heterocycles. The van der Waals surface area contributed by atoms with Crippen molar-refractivity contribution in [2.24, 2.45) is 0 Å². The van der Waals surface area contributed by atoms with Crippen molar-refractivity contribution in [3.05, 3.63) is 63.1 Å². The highest BCUT2D eigenvalue weighted by Crippen LogP contribution is 2.25. The van der Waals surface area contributed by atoms with Crippen molar-refractivity contribution < 1.29 is 23.9 Å². The first-order valence-electron chi connectivity index (χ1n) is 9.00. The second-order valence-electron chi connectivity index (χ2n) is 6.17. The van der Waals surface area contributed by atoms with E-state index in [-0.39, 0.29) is 34.9 Å². The second-order valence-corrected chi connectivity index (χ2v) is 7.42. The van der Waals surface area contributed by atoms with Crippen LogP contribution in [0.3, 0.4) is 0 Å². The number of carbonyl (C=O) groups is 4. The second kappa shape index (κ2) is 12.1. The van der Waals surface area contributed by atoms with Gasteiger partial charge in [-0.25, -0.2) is 0 Å². The van der Waals surface area contributed by atoms with Crippen molar-refractivity contribution in [1.29, 1.82) is 0 Å². The predicted molar refractivity (Wildman–Crippen MR) is 117 cm³/mol. The molecule has 31 heavy (non-hydrogen) atoms. The van der Waals surface area contributed by atoms with Gasteiger partial charge in [-0.2, -0.15) is 0 Å². The van der Waals surface area contributed by atoms with Gasteiger partial charge in [0, 0.05) is 17.9 Å². The van der Waals surface area contributed by atoms with Gasteiger partial charge in [0.15, 0.2) is 6.61 Å². The first-order valence-corrected chi connectivity index (χ1v) is 10.1. The highest BCUT2D eigenvalue weighted by molar-refractivity contribution is 6.36. The van der Waals surface area contributed by atoms with E-state index in [4.69, 9.17) is 39.5 Å². The van der Waals surface area contributed by atoms with Crippen LogP contribution in [-0.4, -0.2) is 30.3 Å². The Morgan fingerprint density at radius 2 is 1.58 bits per heavy atom. The van der Waals surface area contributed by atoms with Crippen LogP contribution < -0.4 is 16.2 Å². The zero-order valence-electron chi connectivity index (χ0n) is 16.0. The van der Waals surface area contributed by atoms with Gasteiger partial charge in [-0.3, -0.25) is 30.0 Å². The van der Waals surface area contributed by atoms with Crippen LogP contribution >= 0.6 is 34.8 Å². The van der Waals surface area contributed by atoms with Gasteiger partial charge in [-0.15, -0.1) is 0 Å². The van der Waals surface area contributed by atoms with Crippen LogP contribution in [0.15, 0.2) is 42.5 Å². The summed E-state index contributed by atoms with van der Waals surface area (Å²) in [5, 5.41) is 3.41. The summed E-state index contributed by atoms with van der Waals surface area (Å²) in [6.07, 6.45) is 0.0442. The Bertz CT molecular complexity index is 984. The largest absolute Gasteiger partial charge is 0.456 e. The number of carbonyl (C=O) groups excluding carboxylic acids is 4. The van der Waals surface area contributed by atoms with Crippen molar-refractivity contribution in [2.45, 2.75) is 19.3 Å². The average molecular weight is 487 g/mol. The fourth-order valence-corrected chi connectivity index (χ4v) is 2.97. The quantitative estimate of drug-likeness (QED) is 0.388. The third-order valence-corrected chi connectivity index (χ3v) is 4.67. The van der Waals surface area contributed by atoms with E-state index in [1.165, 1.54) is 18.2 Å². The minimum absolute atomic E-state index is 0.0372. The summed E-state index contributed by atoms with van der Waals surface area (Å²) >= 11 is 17.6. The van der Waals surface area contributed by atoms with Crippen molar-refractivity contribution >= 4 is 64.2 Å². The topological polar surface area (TPSA) is 114 Å². The number of rotatable bonds is 8. The van der Waals surface area contributed by atoms with E-state index < -0.39 is 30.3 Å². The van der Waals surface area contributed by atoms with Gasteiger partial charge in [0.25, 0.3) is 11.8 Å². The first-order chi connectivity index (χ1) is 14.8. The van der Waals surface area contributed by atoms with Crippen molar-refractivity contribution in [3.63, 3.8) is 0 Å². The highest BCUT2D eigenvalue weighted by atomic mass is 35.5. The molecule has 0 aliphatic heterocycles. The van der Waals surface area contributed by atoms with Crippen LogP contribution in [0.25, 0.3) is 0 Å². The Morgan fingerprint density at radius 1 is 0.839 bits per heavy atom. The Morgan fingerprint density at radius 3 is 2.29 bits per heavy atom. The van der Waals surface area contributed by atoms with Gasteiger partial charge in [0.05, 0.1) is 21.3 Å². The van der Waals surface area contributed by atoms with Crippen molar-refractivity contribution in [1.82, 2.24) is 10.9 Å². The molecule has 2 aromatic carbocycles. The van der Waals surface area contributed by atoms with Crippen LogP contribution in [-0.2, 0) is 19.1 Å². The van der Waals surface area contributed by atoms with E-state index in [0.29, 0.717) is 10.7 Å². The zero-order valence-corrected chi connectivity index (χ0v) is 18.3. The van der Waals surface area contributed by atoms with E-state index in [2.05, 4.69) is 16.2 Å². The summed E-state index contributed by atoms with van der Waals surface area (Å²) in [4.78, 5) is 47.3. The van der Waals surface area contributed by atoms with Gasteiger partial charge in [-0.05, 0) is 36.8 Å². The molecule has 3 amide bonds. The van der Waals surface area contributed by atoms with Gasteiger partial charge < -0.3 is 10.1 Å². The SMILES string of the molecule is O=C(CCCC(=O)OCC(=O)Nc1ccc(Cl)cc1Cl)NNC(=O)c1ccccc1Cl. The fourth-order valence-electron chi connectivity index (χ4n) is 2.29. The number of hydrogen-bond acceptors (Lipinski definition) is 5. The van der Waals surface area contributed by atoms with Crippen molar-refractivity contribution in [2.75, 3.05) is 11.9 Å². The van der Waals surface area contributed by atoms with Gasteiger partial charge >= 0.3 is 5.97 Å². The standard InChI is InChI=1S/C20H18Cl3N3O5/c21-12-8-9-16(15(23)10-12)24-18(28)11-31-19(29)7-3-6-17(27)25-26-20(30)13-4-1-2-5-14(13)22/h1-2,4-5,8-10H,3,6-7,11H2,(H,24,28)(H,25,27)(H,26,30).